The third-order valence-electron chi connectivity index (χ3n) is 3.23. The molecule has 0 bridgehead atoms. The molecule has 0 amide bonds. The summed E-state index contributed by atoms with van der Waals surface area (Å²) in [5, 5.41) is 4.03. The monoisotopic (exact) mass is 293 g/mol. The maximum absolute atomic E-state index is 6.16. The van der Waals surface area contributed by atoms with Gasteiger partial charge in [-0.05, 0) is 36.8 Å². The zero-order valence-electron chi connectivity index (χ0n) is 11.2. The Balaban J connectivity index is 1.59. The van der Waals surface area contributed by atoms with E-state index in [9.17, 15) is 0 Å². The van der Waals surface area contributed by atoms with Crippen LogP contribution in [0.15, 0.2) is 34.9 Å². The van der Waals surface area contributed by atoms with Crippen molar-refractivity contribution in [1.29, 1.82) is 0 Å². The second-order valence-electron chi connectivity index (χ2n) is 4.88. The standard InChI is InChI=1S/C15H16ClNO3/c1-10(5-12-3-2-4-18-12)17-8-11-6-13(16)15-14(7-11)19-9-20-15/h2-4,6-7,10,17H,5,8-9H2,1H3. The van der Waals surface area contributed by atoms with E-state index in [4.69, 9.17) is 25.5 Å². The van der Waals surface area contributed by atoms with Crippen LogP contribution in [0.25, 0.3) is 0 Å². The van der Waals surface area contributed by atoms with Crippen LogP contribution in [0.3, 0.4) is 0 Å². The van der Waals surface area contributed by atoms with Crippen molar-refractivity contribution in [3.05, 3.63) is 46.9 Å². The van der Waals surface area contributed by atoms with E-state index in [0.717, 1.165) is 24.3 Å². The number of rotatable bonds is 5. The van der Waals surface area contributed by atoms with Gasteiger partial charge in [0.1, 0.15) is 5.76 Å². The summed E-state index contributed by atoms with van der Waals surface area (Å²) >= 11 is 6.16. The van der Waals surface area contributed by atoms with Crippen LogP contribution in [-0.2, 0) is 13.0 Å². The van der Waals surface area contributed by atoms with Crippen molar-refractivity contribution >= 4 is 11.6 Å². The number of ether oxygens (including phenoxy) is 2. The lowest BCUT2D eigenvalue weighted by molar-refractivity contribution is 0.174. The predicted octanol–water partition coefficient (Wildman–Crippen LogP) is 3.38. The van der Waals surface area contributed by atoms with Crippen molar-refractivity contribution in [2.24, 2.45) is 0 Å². The van der Waals surface area contributed by atoms with Gasteiger partial charge in [-0.1, -0.05) is 11.6 Å². The molecular formula is C15H16ClNO3. The van der Waals surface area contributed by atoms with Gasteiger partial charge < -0.3 is 19.2 Å². The van der Waals surface area contributed by atoms with Gasteiger partial charge in [-0.15, -0.1) is 0 Å². The lowest BCUT2D eigenvalue weighted by Gasteiger charge is -2.13. The number of hydrogen-bond acceptors (Lipinski definition) is 4. The van der Waals surface area contributed by atoms with Gasteiger partial charge in [-0.25, -0.2) is 0 Å². The van der Waals surface area contributed by atoms with E-state index in [1.165, 1.54) is 0 Å². The number of halogens is 1. The summed E-state index contributed by atoms with van der Waals surface area (Å²) in [6.07, 6.45) is 2.55. The largest absolute Gasteiger partial charge is 0.469 e. The quantitative estimate of drug-likeness (QED) is 0.918. The van der Waals surface area contributed by atoms with E-state index < -0.39 is 0 Å². The molecule has 2 aromatic rings. The van der Waals surface area contributed by atoms with Crippen molar-refractivity contribution in [1.82, 2.24) is 5.32 Å². The molecule has 1 atom stereocenters. The molecule has 1 unspecified atom stereocenters. The highest BCUT2D eigenvalue weighted by atomic mass is 35.5. The molecular weight excluding hydrogens is 278 g/mol. The first kappa shape index (κ1) is 13.3. The predicted molar refractivity (Wildman–Crippen MR) is 76.3 cm³/mol. The van der Waals surface area contributed by atoms with E-state index in [-0.39, 0.29) is 6.79 Å². The molecule has 106 valence electrons. The topological polar surface area (TPSA) is 43.6 Å². The van der Waals surface area contributed by atoms with Crippen molar-refractivity contribution in [3.63, 3.8) is 0 Å². The summed E-state index contributed by atoms with van der Waals surface area (Å²) in [7, 11) is 0. The van der Waals surface area contributed by atoms with Gasteiger partial charge in [0.25, 0.3) is 0 Å². The zero-order valence-corrected chi connectivity index (χ0v) is 11.9. The molecule has 5 heteroatoms. The molecule has 0 spiro atoms. The molecule has 0 fully saturated rings. The normalized spacial score (nSPS) is 14.5. The first-order chi connectivity index (χ1) is 9.72. The molecule has 1 aromatic heterocycles. The highest BCUT2D eigenvalue weighted by molar-refractivity contribution is 6.32. The van der Waals surface area contributed by atoms with Crippen LogP contribution in [0.5, 0.6) is 11.5 Å². The third-order valence-corrected chi connectivity index (χ3v) is 3.51. The van der Waals surface area contributed by atoms with Crippen molar-refractivity contribution in [3.8, 4) is 11.5 Å². The molecule has 1 aliphatic rings. The van der Waals surface area contributed by atoms with Crippen molar-refractivity contribution in [2.75, 3.05) is 6.79 Å². The number of hydrogen-bond donors (Lipinski definition) is 1. The fourth-order valence-corrected chi connectivity index (χ4v) is 2.51. The van der Waals surface area contributed by atoms with Crippen LogP contribution in [0, 0.1) is 0 Å². The smallest absolute Gasteiger partial charge is 0.231 e. The van der Waals surface area contributed by atoms with Crippen LogP contribution >= 0.6 is 11.6 Å². The Morgan fingerprint density at radius 1 is 1.35 bits per heavy atom. The molecule has 0 radical (unpaired) electrons. The molecule has 4 nitrogen and oxygen atoms in total. The summed E-state index contributed by atoms with van der Waals surface area (Å²) in [4.78, 5) is 0. The third kappa shape index (κ3) is 2.92. The molecule has 2 heterocycles. The van der Waals surface area contributed by atoms with Crippen molar-refractivity contribution in [2.45, 2.75) is 25.9 Å². The highest BCUT2D eigenvalue weighted by Crippen LogP contribution is 2.39. The SMILES string of the molecule is CC(Cc1ccco1)NCc1cc(Cl)c2c(c1)OCO2. The molecule has 0 aliphatic carbocycles. The summed E-state index contributed by atoms with van der Waals surface area (Å²) in [6, 6.07) is 8.06. The van der Waals surface area contributed by atoms with Gasteiger partial charge in [0, 0.05) is 19.0 Å². The summed E-state index contributed by atoms with van der Waals surface area (Å²) in [5.74, 6) is 2.33. The zero-order chi connectivity index (χ0) is 13.9. The van der Waals surface area contributed by atoms with Crippen LogP contribution in [0.4, 0.5) is 0 Å². The van der Waals surface area contributed by atoms with E-state index in [1.54, 1.807) is 6.26 Å². The van der Waals surface area contributed by atoms with Gasteiger partial charge in [0.2, 0.25) is 6.79 Å². The van der Waals surface area contributed by atoms with Crippen LogP contribution in [0.2, 0.25) is 5.02 Å². The van der Waals surface area contributed by atoms with Gasteiger partial charge in [0.15, 0.2) is 11.5 Å². The molecule has 1 aliphatic heterocycles. The van der Waals surface area contributed by atoms with E-state index in [1.807, 2.05) is 24.3 Å². The Morgan fingerprint density at radius 2 is 2.25 bits per heavy atom. The second-order valence-corrected chi connectivity index (χ2v) is 5.28. The van der Waals surface area contributed by atoms with E-state index in [0.29, 0.717) is 22.6 Å². The number of fused-ring (bicyclic) bond motifs is 1. The Bertz CT molecular complexity index is 583. The Hall–Kier alpha value is -1.65. The van der Waals surface area contributed by atoms with Gasteiger partial charge in [-0.3, -0.25) is 0 Å². The van der Waals surface area contributed by atoms with Gasteiger partial charge >= 0.3 is 0 Å². The molecule has 1 aromatic carbocycles. The first-order valence-electron chi connectivity index (χ1n) is 6.56. The van der Waals surface area contributed by atoms with Gasteiger partial charge in [-0.2, -0.15) is 0 Å². The molecule has 0 saturated heterocycles. The summed E-state index contributed by atoms with van der Waals surface area (Å²) in [6.45, 7) is 3.08. The van der Waals surface area contributed by atoms with Gasteiger partial charge in [0.05, 0.1) is 11.3 Å². The average Bonchev–Trinajstić information content (AvgIpc) is 3.07. The lowest BCUT2D eigenvalue weighted by atomic mass is 10.1. The summed E-state index contributed by atoms with van der Waals surface area (Å²) in [5.41, 5.74) is 1.07. The fraction of sp³-hybridized carbons (Fsp3) is 0.333. The Kier molecular flexibility index (Phi) is 3.85. The minimum atomic E-state index is 0.237. The van der Waals surface area contributed by atoms with E-state index >= 15 is 0 Å². The minimum Gasteiger partial charge on any atom is -0.469 e. The highest BCUT2D eigenvalue weighted by Gasteiger charge is 2.18. The summed E-state index contributed by atoms with van der Waals surface area (Å²) < 4.78 is 16.0. The van der Waals surface area contributed by atoms with Crippen LogP contribution < -0.4 is 14.8 Å². The van der Waals surface area contributed by atoms with Crippen molar-refractivity contribution < 1.29 is 13.9 Å². The van der Waals surface area contributed by atoms with Crippen LogP contribution in [-0.4, -0.2) is 12.8 Å². The maximum Gasteiger partial charge on any atom is 0.231 e. The lowest BCUT2D eigenvalue weighted by Crippen LogP contribution is -2.27. The minimum absolute atomic E-state index is 0.237. The molecule has 3 rings (SSSR count). The molecule has 1 N–H and O–H groups in total. The number of furan rings is 1. The Morgan fingerprint density at radius 3 is 3.05 bits per heavy atom. The first-order valence-corrected chi connectivity index (χ1v) is 6.94. The fourth-order valence-electron chi connectivity index (χ4n) is 2.22. The second kappa shape index (κ2) is 5.77. The van der Waals surface area contributed by atoms with Crippen LogP contribution in [0.1, 0.15) is 18.2 Å². The molecule has 20 heavy (non-hydrogen) atoms. The molecule has 0 saturated carbocycles. The van der Waals surface area contributed by atoms with E-state index in [2.05, 4.69) is 12.2 Å². The number of benzene rings is 1. The number of nitrogens with one attached hydrogen (secondary N) is 1. The Labute approximate surface area is 122 Å². The average molecular weight is 294 g/mol. The maximum atomic E-state index is 6.16.